The Hall–Kier alpha value is -2.61. The van der Waals surface area contributed by atoms with Gasteiger partial charge in [0.1, 0.15) is 0 Å². The number of piperazine rings is 1. The van der Waals surface area contributed by atoms with Crippen LogP contribution in [0, 0.1) is 0 Å². The lowest BCUT2D eigenvalue weighted by Crippen LogP contribution is -2.54. The van der Waals surface area contributed by atoms with Crippen LogP contribution in [0.4, 0.5) is 0 Å². The number of carbonyl (C=O) groups is 4. The standard InChI is InChI=1S/C19H23ClN4O4/c20-14-3-1-13(2-4-14)17(26)21-8-7-16(25)23-9-11-24(12-10-23)19(28)18(27)22-15-5-6-15/h1-4,15H,5-12H2,(H,21,26)(H,22,27). The number of nitrogens with zero attached hydrogens (tertiary/aromatic N) is 2. The lowest BCUT2D eigenvalue weighted by molar-refractivity contribution is -0.148. The summed E-state index contributed by atoms with van der Waals surface area (Å²) in [5.74, 6) is -1.45. The molecule has 2 fully saturated rings. The highest BCUT2D eigenvalue weighted by Gasteiger charge is 2.31. The average molecular weight is 407 g/mol. The van der Waals surface area contributed by atoms with Crippen molar-refractivity contribution in [1.29, 1.82) is 0 Å². The Kier molecular flexibility index (Phi) is 6.51. The van der Waals surface area contributed by atoms with E-state index in [0.29, 0.717) is 36.8 Å². The third-order valence-electron chi connectivity index (χ3n) is 4.76. The van der Waals surface area contributed by atoms with Crippen molar-refractivity contribution in [2.24, 2.45) is 0 Å². The Morgan fingerprint density at radius 3 is 2.18 bits per heavy atom. The van der Waals surface area contributed by atoms with E-state index < -0.39 is 11.8 Å². The highest BCUT2D eigenvalue weighted by atomic mass is 35.5. The molecule has 1 aromatic carbocycles. The molecule has 1 saturated carbocycles. The fourth-order valence-corrected chi connectivity index (χ4v) is 3.05. The van der Waals surface area contributed by atoms with E-state index in [1.165, 1.54) is 4.90 Å². The number of benzene rings is 1. The van der Waals surface area contributed by atoms with Gasteiger partial charge in [0.15, 0.2) is 0 Å². The third-order valence-corrected chi connectivity index (χ3v) is 5.01. The van der Waals surface area contributed by atoms with E-state index in [0.717, 1.165) is 12.8 Å². The summed E-state index contributed by atoms with van der Waals surface area (Å²) in [5.41, 5.74) is 0.480. The zero-order chi connectivity index (χ0) is 20.1. The predicted molar refractivity (Wildman–Crippen MR) is 103 cm³/mol. The molecule has 0 atom stereocenters. The molecule has 1 aliphatic carbocycles. The Balaban J connectivity index is 1.36. The zero-order valence-electron chi connectivity index (χ0n) is 15.4. The summed E-state index contributed by atoms with van der Waals surface area (Å²) in [6.07, 6.45) is 2.03. The third kappa shape index (κ3) is 5.45. The fourth-order valence-electron chi connectivity index (χ4n) is 2.92. The smallest absolute Gasteiger partial charge is 0.312 e. The van der Waals surface area contributed by atoms with Crippen molar-refractivity contribution in [3.63, 3.8) is 0 Å². The number of nitrogens with one attached hydrogen (secondary N) is 2. The van der Waals surface area contributed by atoms with Crippen LogP contribution in [-0.4, -0.2) is 72.2 Å². The molecule has 0 radical (unpaired) electrons. The van der Waals surface area contributed by atoms with E-state index in [1.54, 1.807) is 29.2 Å². The molecule has 1 aromatic rings. The SMILES string of the molecule is O=C(NC1CC1)C(=O)N1CCN(C(=O)CCNC(=O)c2ccc(Cl)cc2)CC1. The van der Waals surface area contributed by atoms with Gasteiger partial charge in [-0.15, -0.1) is 0 Å². The summed E-state index contributed by atoms with van der Waals surface area (Å²) >= 11 is 5.79. The molecule has 9 heteroatoms. The molecule has 2 N–H and O–H groups in total. The van der Waals surface area contributed by atoms with Crippen molar-refractivity contribution in [2.75, 3.05) is 32.7 Å². The molecule has 4 amide bonds. The van der Waals surface area contributed by atoms with Crippen LogP contribution in [0.2, 0.25) is 5.02 Å². The molecule has 1 saturated heterocycles. The number of amides is 4. The zero-order valence-corrected chi connectivity index (χ0v) is 16.2. The molecule has 0 unspecified atom stereocenters. The first kappa shape index (κ1) is 20.1. The Labute approximate surface area is 168 Å². The van der Waals surface area contributed by atoms with Gasteiger partial charge in [0.25, 0.3) is 5.91 Å². The van der Waals surface area contributed by atoms with Gasteiger partial charge in [0.2, 0.25) is 5.91 Å². The van der Waals surface area contributed by atoms with Gasteiger partial charge < -0.3 is 20.4 Å². The van der Waals surface area contributed by atoms with Gasteiger partial charge in [-0.2, -0.15) is 0 Å². The monoisotopic (exact) mass is 406 g/mol. The lowest BCUT2D eigenvalue weighted by Gasteiger charge is -2.34. The minimum atomic E-state index is -0.563. The molecule has 3 rings (SSSR count). The van der Waals surface area contributed by atoms with Gasteiger partial charge >= 0.3 is 11.8 Å². The maximum Gasteiger partial charge on any atom is 0.312 e. The van der Waals surface area contributed by atoms with E-state index in [-0.39, 0.29) is 30.8 Å². The Morgan fingerprint density at radius 2 is 1.57 bits per heavy atom. The van der Waals surface area contributed by atoms with Crippen LogP contribution < -0.4 is 10.6 Å². The van der Waals surface area contributed by atoms with Gasteiger partial charge in [-0.1, -0.05) is 11.6 Å². The highest BCUT2D eigenvalue weighted by Crippen LogP contribution is 2.18. The molecule has 28 heavy (non-hydrogen) atoms. The second-order valence-corrected chi connectivity index (χ2v) is 7.37. The van der Waals surface area contributed by atoms with Crippen molar-refractivity contribution in [2.45, 2.75) is 25.3 Å². The van der Waals surface area contributed by atoms with Gasteiger partial charge in [-0.3, -0.25) is 19.2 Å². The second kappa shape index (κ2) is 9.05. The number of hydrogen-bond acceptors (Lipinski definition) is 4. The van der Waals surface area contributed by atoms with Gasteiger partial charge in [-0.05, 0) is 37.1 Å². The molecule has 8 nitrogen and oxygen atoms in total. The van der Waals surface area contributed by atoms with Crippen LogP contribution in [0.3, 0.4) is 0 Å². The predicted octanol–water partition coefficient (Wildman–Crippen LogP) is 0.409. The lowest BCUT2D eigenvalue weighted by atomic mass is 10.2. The van der Waals surface area contributed by atoms with Crippen molar-refractivity contribution in [1.82, 2.24) is 20.4 Å². The normalized spacial score (nSPS) is 16.5. The number of rotatable bonds is 5. The highest BCUT2D eigenvalue weighted by molar-refractivity contribution is 6.35. The molecule has 1 aliphatic heterocycles. The van der Waals surface area contributed by atoms with Crippen molar-refractivity contribution in [3.8, 4) is 0 Å². The number of hydrogen-bond donors (Lipinski definition) is 2. The van der Waals surface area contributed by atoms with E-state index in [4.69, 9.17) is 11.6 Å². The summed E-state index contributed by atoms with van der Waals surface area (Å²) < 4.78 is 0. The summed E-state index contributed by atoms with van der Waals surface area (Å²) in [4.78, 5) is 51.4. The molecule has 2 aliphatic rings. The van der Waals surface area contributed by atoms with Crippen LogP contribution in [0.5, 0.6) is 0 Å². The first-order valence-corrected chi connectivity index (χ1v) is 9.73. The van der Waals surface area contributed by atoms with Crippen LogP contribution in [-0.2, 0) is 14.4 Å². The number of carbonyl (C=O) groups excluding carboxylic acids is 4. The minimum Gasteiger partial charge on any atom is -0.352 e. The summed E-state index contributed by atoms with van der Waals surface area (Å²) in [5, 5.41) is 5.94. The Bertz CT molecular complexity index is 756. The maximum atomic E-state index is 12.3. The van der Waals surface area contributed by atoms with E-state index in [9.17, 15) is 19.2 Å². The average Bonchev–Trinajstić information content (AvgIpc) is 3.51. The van der Waals surface area contributed by atoms with Gasteiger partial charge in [0.05, 0.1) is 0 Å². The summed E-state index contributed by atoms with van der Waals surface area (Å²) in [6.45, 7) is 1.65. The first-order chi connectivity index (χ1) is 13.4. The second-order valence-electron chi connectivity index (χ2n) is 6.93. The van der Waals surface area contributed by atoms with Crippen LogP contribution >= 0.6 is 11.6 Å². The molecule has 1 heterocycles. The molecule has 150 valence electrons. The molecular weight excluding hydrogens is 384 g/mol. The molecule has 0 spiro atoms. The first-order valence-electron chi connectivity index (χ1n) is 9.35. The molecular formula is C19H23ClN4O4. The topological polar surface area (TPSA) is 98.8 Å². The minimum absolute atomic E-state index is 0.0917. The maximum absolute atomic E-state index is 12.3. The van der Waals surface area contributed by atoms with Crippen LogP contribution in [0.15, 0.2) is 24.3 Å². The van der Waals surface area contributed by atoms with Crippen molar-refractivity contribution in [3.05, 3.63) is 34.9 Å². The van der Waals surface area contributed by atoms with Crippen molar-refractivity contribution < 1.29 is 19.2 Å². The van der Waals surface area contributed by atoms with Gasteiger partial charge in [0, 0.05) is 55.8 Å². The van der Waals surface area contributed by atoms with Crippen molar-refractivity contribution >= 4 is 35.2 Å². The molecule has 0 aromatic heterocycles. The fraction of sp³-hybridized carbons (Fsp3) is 0.474. The summed E-state index contributed by atoms with van der Waals surface area (Å²) in [6, 6.07) is 6.65. The number of halogens is 1. The van der Waals surface area contributed by atoms with Crippen LogP contribution in [0.25, 0.3) is 0 Å². The molecule has 0 bridgehead atoms. The van der Waals surface area contributed by atoms with E-state index in [1.807, 2.05) is 0 Å². The van der Waals surface area contributed by atoms with E-state index in [2.05, 4.69) is 10.6 Å². The summed E-state index contributed by atoms with van der Waals surface area (Å²) in [7, 11) is 0. The van der Waals surface area contributed by atoms with Gasteiger partial charge in [-0.25, -0.2) is 0 Å². The quantitative estimate of drug-likeness (QED) is 0.692. The van der Waals surface area contributed by atoms with Crippen LogP contribution in [0.1, 0.15) is 29.6 Å². The largest absolute Gasteiger partial charge is 0.352 e. The Morgan fingerprint density at radius 1 is 0.964 bits per heavy atom. The van der Waals surface area contributed by atoms with E-state index >= 15 is 0 Å².